The monoisotopic (exact) mass is 234 g/mol. The zero-order valence-electron chi connectivity index (χ0n) is 8.76. The van der Waals surface area contributed by atoms with E-state index in [0.717, 1.165) is 12.8 Å². The largest absolute Gasteiger partial charge is 0.393 e. The van der Waals surface area contributed by atoms with Crippen LogP contribution in [0, 0.1) is 11.8 Å². The molecular formula is C10H18O4S. The van der Waals surface area contributed by atoms with E-state index in [4.69, 9.17) is 4.74 Å². The summed E-state index contributed by atoms with van der Waals surface area (Å²) < 4.78 is 27.8. The number of rotatable bonds is 2. The molecule has 0 aromatic heterocycles. The fourth-order valence-corrected chi connectivity index (χ4v) is 4.38. The van der Waals surface area contributed by atoms with E-state index in [1.807, 2.05) is 0 Å². The number of hydrogen-bond donors (Lipinski definition) is 1. The molecule has 2 saturated heterocycles. The molecule has 0 radical (unpaired) electrons. The molecule has 1 N–H and O–H groups in total. The minimum atomic E-state index is -2.87. The van der Waals surface area contributed by atoms with Crippen LogP contribution in [0.5, 0.6) is 0 Å². The number of hydrogen-bond acceptors (Lipinski definition) is 4. The van der Waals surface area contributed by atoms with E-state index in [-0.39, 0.29) is 23.3 Å². The Morgan fingerprint density at radius 3 is 2.33 bits per heavy atom. The van der Waals surface area contributed by atoms with Crippen LogP contribution in [0.2, 0.25) is 0 Å². The van der Waals surface area contributed by atoms with Gasteiger partial charge in [0.15, 0.2) is 9.84 Å². The summed E-state index contributed by atoms with van der Waals surface area (Å²) in [7, 11) is -2.87. The predicted octanol–water partition coefficient (Wildman–Crippen LogP) is 0.209. The maximum absolute atomic E-state index is 11.3. The fourth-order valence-electron chi connectivity index (χ4n) is 2.54. The zero-order valence-corrected chi connectivity index (χ0v) is 9.58. The van der Waals surface area contributed by atoms with Gasteiger partial charge in [-0.25, -0.2) is 8.42 Å². The van der Waals surface area contributed by atoms with Crippen molar-refractivity contribution in [2.45, 2.75) is 25.4 Å². The Morgan fingerprint density at radius 2 is 1.80 bits per heavy atom. The minimum absolute atomic E-state index is 0.0434. The Balaban J connectivity index is 1.93. The summed E-state index contributed by atoms with van der Waals surface area (Å²) in [6, 6.07) is 0. The molecule has 2 unspecified atom stereocenters. The highest BCUT2D eigenvalue weighted by Crippen LogP contribution is 2.30. The van der Waals surface area contributed by atoms with E-state index < -0.39 is 15.9 Å². The lowest BCUT2D eigenvalue weighted by molar-refractivity contribution is -0.0124. The SMILES string of the molecule is O=S1(=O)CCC(C(O)C2CCOCC2)C1. The van der Waals surface area contributed by atoms with Crippen molar-refractivity contribution in [1.82, 2.24) is 0 Å². The highest BCUT2D eigenvalue weighted by molar-refractivity contribution is 7.91. The summed E-state index contributed by atoms with van der Waals surface area (Å²) in [4.78, 5) is 0. The van der Waals surface area contributed by atoms with E-state index in [2.05, 4.69) is 0 Å². The molecule has 2 aliphatic heterocycles. The summed E-state index contributed by atoms with van der Waals surface area (Å²) >= 11 is 0. The molecule has 0 bridgehead atoms. The van der Waals surface area contributed by atoms with Crippen LogP contribution in [-0.4, -0.2) is 44.3 Å². The van der Waals surface area contributed by atoms with Crippen molar-refractivity contribution in [3.05, 3.63) is 0 Å². The van der Waals surface area contributed by atoms with Crippen molar-refractivity contribution in [3.63, 3.8) is 0 Å². The maximum Gasteiger partial charge on any atom is 0.150 e. The van der Waals surface area contributed by atoms with Gasteiger partial charge in [-0.3, -0.25) is 0 Å². The van der Waals surface area contributed by atoms with Crippen LogP contribution in [0.15, 0.2) is 0 Å². The van der Waals surface area contributed by atoms with Gasteiger partial charge in [-0.05, 0) is 31.1 Å². The van der Waals surface area contributed by atoms with E-state index in [0.29, 0.717) is 19.6 Å². The topological polar surface area (TPSA) is 63.6 Å². The normalized spacial score (nSPS) is 34.1. The van der Waals surface area contributed by atoms with Gasteiger partial charge in [-0.1, -0.05) is 0 Å². The molecular weight excluding hydrogens is 216 g/mol. The number of ether oxygens (including phenoxy) is 1. The van der Waals surface area contributed by atoms with Crippen LogP contribution < -0.4 is 0 Å². The second kappa shape index (κ2) is 4.39. The van der Waals surface area contributed by atoms with Crippen molar-refractivity contribution in [2.24, 2.45) is 11.8 Å². The average Bonchev–Trinajstić information content (AvgIpc) is 2.59. The van der Waals surface area contributed by atoms with E-state index in [1.54, 1.807) is 0 Å². The molecule has 5 heteroatoms. The van der Waals surface area contributed by atoms with Crippen molar-refractivity contribution in [2.75, 3.05) is 24.7 Å². The molecule has 0 amide bonds. The van der Waals surface area contributed by atoms with Crippen LogP contribution in [0.3, 0.4) is 0 Å². The highest BCUT2D eigenvalue weighted by Gasteiger charge is 2.36. The Bertz CT molecular complexity index is 305. The third-order valence-corrected chi connectivity index (χ3v) is 5.29. The number of sulfone groups is 1. The second-order valence-corrected chi connectivity index (χ2v) is 6.83. The Kier molecular flexibility index (Phi) is 3.33. The molecule has 0 aromatic carbocycles. The number of aliphatic hydroxyl groups is 1. The third kappa shape index (κ3) is 2.71. The summed E-state index contributed by atoms with van der Waals surface area (Å²) in [5, 5.41) is 10.1. The fraction of sp³-hybridized carbons (Fsp3) is 1.00. The first-order valence-electron chi connectivity index (χ1n) is 5.55. The molecule has 0 saturated carbocycles. The summed E-state index contributed by atoms with van der Waals surface area (Å²) in [5.41, 5.74) is 0. The van der Waals surface area contributed by atoms with Gasteiger partial charge in [0.05, 0.1) is 17.6 Å². The van der Waals surface area contributed by atoms with E-state index in [9.17, 15) is 13.5 Å². The van der Waals surface area contributed by atoms with Gasteiger partial charge in [-0.2, -0.15) is 0 Å². The molecule has 0 aromatic rings. The van der Waals surface area contributed by atoms with Gasteiger partial charge in [0.2, 0.25) is 0 Å². The summed E-state index contributed by atoms with van der Waals surface area (Å²) in [6.45, 7) is 1.39. The van der Waals surface area contributed by atoms with E-state index in [1.165, 1.54) is 0 Å². The van der Waals surface area contributed by atoms with Crippen LogP contribution in [0.4, 0.5) is 0 Å². The van der Waals surface area contributed by atoms with E-state index >= 15 is 0 Å². The molecule has 2 heterocycles. The van der Waals surface area contributed by atoms with Gasteiger partial charge in [-0.15, -0.1) is 0 Å². The molecule has 2 aliphatic rings. The van der Waals surface area contributed by atoms with Gasteiger partial charge < -0.3 is 9.84 Å². The molecule has 2 fully saturated rings. The first-order chi connectivity index (χ1) is 7.08. The highest BCUT2D eigenvalue weighted by atomic mass is 32.2. The smallest absolute Gasteiger partial charge is 0.150 e. The Labute approximate surface area is 90.5 Å². The molecule has 4 nitrogen and oxygen atoms in total. The quantitative estimate of drug-likeness (QED) is 0.742. The molecule has 0 aliphatic carbocycles. The minimum Gasteiger partial charge on any atom is -0.393 e. The van der Waals surface area contributed by atoms with Crippen molar-refractivity contribution >= 4 is 9.84 Å². The summed E-state index contributed by atoms with van der Waals surface area (Å²) in [6.07, 6.45) is 1.89. The molecule has 15 heavy (non-hydrogen) atoms. The second-order valence-electron chi connectivity index (χ2n) is 4.60. The molecule has 2 rings (SSSR count). The van der Waals surface area contributed by atoms with Crippen molar-refractivity contribution < 1.29 is 18.3 Å². The Hall–Kier alpha value is -0.130. The Morgan fingerprint density at radius 1 is 1.13 bits per heavy atom. The number of aliphatic hydroxyl groups excluding tert-OH is 1. The lowest BCUT2D eigenvalue weighted by atomic mass is 9.85. The average molecular weight is 234 g/mol. The van der Waals surface area contributed by atoms with Gasteiger partial charge in [0.25, 0.3) is 0 Å². The standard InChI is InChI=1S/C10H18O4S/c11-10(8-1-4-14-5-2-8)9-3-6-15(12,13)7-9/h8-11H,1-7H2. The van der Waals surface area contributed by atoms with Crippen LogP contribution in [0.25, 0.3) is 0 Å². The van der Waals surface area contributed by atoms with Crippen LogP contribution in [0.1, 0.15) is 19.3 Å². The molecule has 0 spiro atoms. The predicted molar refractivity (Wildman–Crippen MR) is 56.3 cm³/mol. The lowest BCUT2D eigenvalue weighted by Crippen LogP contribution is -2.33. The zero-order chi connectivity index (χ0) is 10.9. The maximum atomic E-state index is 11.3. The lowest BCUT2D eigenvalue weighted by Gasteiger charge is -2.29. The molecule has 2 atom stereocenters. The van der Waals surface area contributed by atoms with Crippen LogP contribution in [-0.2, 0) is 14.6 Å². The van der Waals surface area contributed by atoms with Crippen LogP contribution >= 0.6 is 0 Å². The van der Waals surface area contributed by atoms with Crippen molar-refractivity contribution in [3.8, 4) is 0 Å². The third-order valence-electron chi connectivity index (χ3n) is 3.50. The first kappa shape index (κ1) is 11.4. The van der Waals surface area contributed by atoms with Gasteiger partial charge in [0, 0.05) is 13.2 Å². The molecule has 88 valence electrons. The first-order valence-corrected chi connectivity index (χ1v) is 7.37. The van der Waals surface area contributed by atoms with Crippen molar-refractivity contribution in [1.29, 1.82) is 0 Å². The van der Waals surface area contributed by atoms with Gasteiger partial charge in [0.1, 0.15) is 0 Å². The summed E-state index contributed by atoms with van der Waals surface area (Å²) in [5.74, 6) is 0.610. The van der Waals surface area contributed by atoms with Gasteiger partial charge >= 0.3 is 0 Å².